The molecule has 1 heterocycles. The second-order valence-electron chi connectivity index (χ2n) is 2.44. The van der Waals surface area contributed by atoms with Gasteiger partial charge in [0.2, 0.25) is 0 Å². The van der Waals surface area contributed by atoms with Gasteiger partial charge < -0.3 is 20.1 Å². The van der Waals surface area contributed by atoms with E-state index in [0.717, 1.165) is 0 Å². The van der Waals surface area contributed by atoms with Crippen LogP contribution >= 0.6 is 0 Å². The van der Waals surface area contributed by atoms with Crippen molar-refractivity contribution in [3.05, 3.63) is 0 Å². The molecule has 0 saturated carbocycles. The van der Waals surface area contributed by atoms with E-state index in [1.165, 1.54) is 0 Å². The number of aliphatic hydroxyl groups excluding tert-OH is 3. The van der Waals surface area contributed by atoms with Gasteiger partial charge in [-0.05, 0) is 6.42 Å². The van der Waals surface area contributed by atoms with Gasteiger partial charge in [0.1, 0.15) is 0 Å². The minimum Gasteiger partial charge on any atom is -0.396 e. The van der Waals surface area contributed by atoms with Crippen LogP contribution in [0.3, 0.4) is 0 Å². The molecule has 0 aromatic heterocycles. The van der Waals surface area contributed by atoms with E-state index in [1.807, 2.05) is 0 Å². The first kappa shape index (κ1) is 7.94. The second kappa shape index (κ2) is 3.30. The molecule has 1 aliphatic rings. The first-order valence-corrected chi connectivity index (χ1v) is 3.36. The van der Waals surface area contributed by atoms with E-state index in [1.54, 1.807) is 0 Å². The van der Waals surface area contributed by atoms with Crippen molar-refractivity contribution in [2.75, 3.05) is 6.61 Å². The van der Waals surface area contributed by atoms with Gasteiger partial charge in [-0.25, -0.2) is 0 Å². The van der Waals surface area contributed by atoms with Crippen LogP contribution in [0.1, 0.15) is 12.8 Å². The lowest BCUT2D eigenvalue weighted by molar-refractivity contribution is -0.0993. The molecule has 0 aromatic rings. The van der Waals surface area contributed by atoms with Gasteiger partial charge in [0.25, 0.3) is 0 Å². The van der Waals surface area contributed by atoms with Crippen molar-refractivity contribution < 1.29 is 20.1 Å². The average Bonchev–Trinajstić information content (AvgIpc) is 2.13. The van der Waals surface area contributed by atoms with Gasteiger partial charge in [-0.2, -0.15) is 0 Å². The van der Waals surface area contributed by atoms with E-state index >= 15 is 0 Å². The summed E-state index contributed by atoms with van der Waals surface area (Å²) in [5.74, 6) is 0. The van der Waals surface area contributed by atoms with Crippen LogP contribution in [0.25, 0.3) is 0 Å². The van der Waals surface area contributed by atoms with Crippen molar-refractivity contribution in [1.82, 2.24) is 0 Å². The fraction of sp³-hybridized carbons (Fsp3) is 1.00. The van der Waals surface area contributed by atoms with Gasteiger partial charge in [-0.1, -0.05) is 0 Å². The smallest absolute Gasteiger partial charge is 0.157 e. The zero-order chi connectivity index (χ0) is 7.56. The molecule has 1 rings (SSSR count). The maximum Gasteiger partial charge on any atom is 0.157 e. The lowest BCUT2D eigenvalue weighted by Crippen LogP contribution is -2.21. The molecule has 0 aromatic carbocycles. The second-order valence-corrected chi connectivity index (χ2v) is 2.44. The van der Waals surface area contributed by atoms with Crippen molar-refractivity contribution in [2.24, 2.45) is 0 Å². The topological polar surface area (TPSA) is 69.9 Å². The lowest BCUT2D eigenvalue weighted by Gasteiger charge is -2.10. The maximum absolute atomic E-state index is 9.09. The molecule has 1 aliphatic heterocycles. The highest BCUT2D eigenvalue weighted by molar-refractivity contribution is 4.76. The van der Waals surface area contributed by atoms with Crippen LogP contribution in [-0.4, -0.2) is 40.4 Å². The zero-order valence-corrected chi connectivity index (χ0v) is 5.60. The van der Waals surface area contributed by atoms with Gasteiger partial charge in [0, 0.05) is 13.0 Å². The molecule has 0 aliphatic carbocycles. The summed E-state index contributed by atoms with van der Waals surface area (Å²) in [6.45, 7) is -0.0194. The highest BCUT2D eigenvalue weighted by atomic mass is 16.6. The molecule has 0 radical (unpaired) electrons. The molecule has 0 spiro atoms. The van der Waals surface area contributed by atoms with Gasteiger partial charge in [-0.3, -0.25) is 0 Å². The minimum absolute atomic E-state index is 0.0194. The minimum atomic E-state index is -0.855. The first-order chi connectivity index (χ1) is 4.74. The Morgan fingerprint density at radius 3 is 2.50 bits per heavy atom. The monoisotopic (exact) mass is 148 g/mol. The third kappa shape index (κ3) is 1.67. The summed E-state index contributed by atoms with van der Waals surface area (Å²) < 4.78 is 4.86. The molecule has 1 fully saturated rings. The standard InChI is InChI=1S/C6H12O4/c7-2-1-5-4(8)3-6(9)10-5/h4-9H,1-3H2. The molecule has 3 atom stereocenters. The molecule has 1 saturated heterocycles. The first-order valence-electron chi connectivity index (χ1n) is 3.36. The molecule has 4 nitrogen and oxygen atoms in total. The van der Waals surface area contributed by atoms with Gasteiger partial charge in [0.15, 0.2) is 6.29 Å². The molecule has 10 heavy (non-hydrogen) atoms. The quantitative estimate of drug-likeness (QED) is 0.462. The van der Waals surface area contributed by atoms with Crippen LogP contribution in [0.2, 0.25) is 0 Å². The number of hydrogen-bond acceptors (Lipinski definition) is 4. The summed E-state index contributed by atoms with van der Waals surface area (Å²) in [4.78, 5) is 0. The van der Waals surface area contributed by atoms with Gasteiger partial charge in [0.05, 0.1) is 12.2 Å². The fourth-order valence-corrected chi connectivity index (χ4v) is 1.09. The Labute approximate surface area is 59.1 Å². The largest absolute Gasteiger partial charge is 0.396 e. The Morgan fingerprint density at radius 1 is 1.40 bits per heavy atom. The van der Waals surface area contributed by atoms with E-state index in [2.05, 4.69) is 0 Å². The summed E-state index contributed by atoms with van der Waals surface area (Å²) in [5, 5.41) is 26.4. The van der Waals surface area contributed by atoms with E-state index in [9.17, 15) is 0 Å². The van der Waals surface area contributed by atoms with E-state index in [-0.39, 0.29) is 19.1 Å². The average molecular weight is 148 g/mol. The van der Waals surface area contributed by atoms with Crippen molar-refractivity contribution in [2.45, 2.75) is 31.3 Å². The van der Waals surface area contributed by atoms with Crippen LogP contribution in [0.15, 0.2) is 0 Å². The SMILES string of the molecule is OCCC1OC(O)CC1O. The van der Waals surface area contributed by atoms with E-state index < -0.39 is 12.4 Å². The summed E-state index contributed by atoms with van der Waals surface area (Å²) >= 11 is 0. The predicted molar refractivity (Wildman–Crippen MR) is 33.2 cm³/mol. The Hall–Kier alpha value is -0.160. The molecule has 3 N–H and O–H groups in total. The Bertz CT molecular complexity index is 106. The van der Waals surface area contributed by atoms with Crippen molar-refractivity contribution in [3.63, 3.8) is 0 Å². The highest BCUT2D eigenvalue weighted by Crippen LogP contribution is 2.20. The van der Waals surface area contributed by atoms with Gasteiger partial charge >= 0.3 is 0 Å². The van der Waals surface area contributed by atoms with Crippen molar-refractivity contribution in [3.8, 4) is 0 Å². The molecule has 0 amide bonds. The highest BCUT2D eigenvalue weighted by Gasteiger charge is 2.31. The van der Waals surface area contributed by atoms with Crippen molar-refractivity contribution >= 4 is 0 Å². The normalized spacial score (nSPS) is 40.5. The molecule has 3 unspecified atom stereocenters. The third-order valence-corrected chi connectivity index (χ3v) is 1.62. The molecular weight excluding hydrogens is 136 g/mol. The summed E-state index contributed by atoms with van der Waals surface area (Å²) in [6, 6.07) is 0. The van der Waals surface area contributed by atoms with Gasteiger partial charge in [-0.15, -0.1) is 0 Å². The van der Waals surface area contributed by atoms with Crippen LogP contribution < -0.4 is 0 Å². The summed E-state index contributed by atoms with van der Waals surface area (Å²) in [7, 11) is 0. The Balaban J connectivity index is 2.31. The third-order valence-electron chi connectivity index (χ3n) is 1.62. The van der Waals surface area contributed by atoms with E-state index in [0.29, 0.717) is 6.42 Å². The Kier molecular flexibility index (Phi) is 2.62. The molecule has 60 valence electrons. The number of hydrogen-bond donors (Lipinski definition) is 3. The summed E-state index contributed by atoms with van der Waals surface area (Å²) in [5.41, 5.74) is 0. The number of rotatable bonds is 2. The van der Waals surface area contributed by atoms with Crippen LogP contribution in [-0.2, 0) is 4.74 Å². The van der Waals surface area contributed by atoms with Crippen LogP contribution in [0, 0.1) is 0 Å². The zero-order valence-electron chi connectivity index (χ0n) is 5.60. The maximum atomic E-state index is 9.09. The van der Waals surface area contributed by atoms with Crippen molar-refractivity contribution in [1.29, 1.82) is 0 Å². The number of aliphatic hydroxyl groups is 3. The lowest BCUT2D eigenvalue weighted by atomic mass is 10.1. The molecule has 0 bridgehead atoms. The number of ether oxygens (including phenoxy) is 1. The summed E-state index contributed by atoms with van der Waals surface area (Å²) in [6.07, 6.45) is -1.23. The van der Waals surface area contributed by atoms with E-state index in [4.69, 9.17) is 20.1 Å². The van der Waals surface area contributed by atoms with Crippen LogP contribution in [0.4, 0.5) is 0 Å². The molecular formula is C6H12O4. The fourth-order valence-electron chi connectivity index (χ4n) is 1.09. The van der Waals surface area contributed by atoms with Crippen LogP contribution in [0.5, 0.6) is 0 Å². The molecule has 4 heteroatoms. The predicted octanol–water partition coefficient (Wildman–Crippen LogP) is -1.16. The Morgan fingerprint density at radius 2 is 2.10 bits per heavy atom.